The second kappa shape index (κ2) is 5.78. The first-order valence-electron chi connectivity index (χ1n) is 6.04. The van der Waals surface area contributed by atoms with Gasteiger partial charge in [0.1, 0.15) is 5.82 Å². The Labute approximate surface area is 107 Å². The molecule has 0 aliphatic heterocycles. The van der Waals surface area contributed by atoms with Gasteiger partial charge in [0.05, 0.1) is 13.2 Å². The molecule has 0 aromatic heterocycles. The number of halogens is 1. The third-order valence-electron chi connectivity index (χ3n) is 2.97. The van der Waals surface area contributed by atoms with E-state index in [0.717, 1.165) is 5.56 Å². The SMILES string of the molecule is Cc1ccc(COCc2ccccc2F)c(C)c1. The third kappa shape index (κ3) is 3.17. The van der Waals surface area contributed by atoms with Gasteiger partial charge in [0.25, 0.3) is 0 Å². The van der Waals surface area contributed by atoms with Crippen LogP contribution in [0.25, 0.3) is 0 Å². The lowest BCUT2D eigenvalue weighted by Gasteiger charge is -2.08. The topological polar surface area (TPSA) is 9.23 Å². The first-order chi connectivity index (χ1) is 8.66. The van der Waals surface area contributed by atoms with Gasteiger partial charge in [0.2, 0.25) is 0 Å². The van der Waals surface area contributed by atoms with Crippen molar-refractivity contribution < 1.29 is 9.13 Å². The Balaban J connectivity index is 1.95. The Kier molecular flexibility index (Phi) is 4.11. The fourth-order valence-electron chi connectivity index (χ4n) is 1.89. The Bertz CT molecular complexity index is 534. The summed E-state index contributed by atoms with van der Waals surface area (Å²) in [6.07, 6.45) is 0. The molecule has 94 valence electrons. The number of ether oxygens (including phenoxy) is 1. The van der Waals surface area contributed by atoms with Crippen LogP contribution in [0.1, 0.15) is 22.3 Å². The average Bonchev–Trinajstić information content (AvgIpc) is 2.34. The van der Waals surface area contributed by atoms with Crippen LogP contribution < -0.4 is 0 Å². The summed E-state index contributed by atoms with van der Waals surface area (Å²) in [7, 11) is 0. The molecule has 0 N–H and O–H groups in total. The standard InChI is InChI=1S/C16H17FO/c1-12-7-8-14(13(2)9-12)10-18-11-15-5-3-4-6-16(15)17/h3-9H,10-11H2,1-2H3. The van der Waals surface area contributed by atoms with Gasteiger partial charge in [-0.1, -0.05) is 42.0 Å². The van der Waals surface area contributed by atoms with Crippen molar-refractivity contribution in [1.82, 2.24) is 0 Å². The van der Waals surface area contributed by atoms with Gasteiger partial charge in [0.15, 0.2) is 0 Å². The summed E-state index contributed by atoms with van der Waals surface area (Å²) in [5, 5.41) is 0. The molecule has 0 aliphatic rings. The van der Waals surface area contributed by atoms with Crippen molar-refractivity contribution in [3.63, 3.8) is 0 Å². The predicted molar refractivity (Wildman–Crippen MR) is 70.8 cm³/mol. The minimum atomic E-state index is -0.210. The van der Waals surface area contributed by atoms with Gasteiger partial charge >= 0.3 is 0 Å². The normalized spacial score (nSPS) is 10.6. The van der Waals surface area contributed by atoms with Crippen molar-refractivity contribution in [3.05, 3.63) is 70.5 Å². The first-order valence-corrected chi connectivity index (χ1v) is 6.04. The van der Waals surface area contributed by atoms with Gasteiger partial charge in [-0.05, 0) is 31.0 Å². The highest BCUT2D eigenvalue weighted by atomic mass is 19.1. The van der Waals surface area contributed by atoms with Crippen LogP contribution in [0.4, 0.5) is 4.39 Å². The third-order valence-corrected chi connectivity index (χ3v) is 2.97. The van der Waals surface area contributed by atoms with E-state index >= 15 is 0 Å². The van der Waals surface area contributed by atoms with E-state index in [2.05, 4.69) is 32.0 Å². The summed E-state index contributed by atoms with van der Waals surface area (Å²) in [5.41, 5.74) is 4.20. The predicted octanol–water partition coefficient (Wildman–Crippen LogP) is 4.16. The van der Waals surface area contributed by atoms with E-state index in [9.17, 15) is 4.39 Å². The van der Waals surface area contributed by atoms with E-state index in [-0.39, 0.29) is 5.82 Å². The molecule has 0 aliphatic carbocycles. The number of hydrogen-bond donors (Lipinski definition) is 0. The fourth-order valence-corrected chi connectivity index (χ4v) is 1.89. The zero-order valence-electron chi connectivity index (χ0n) is 10.7. The lowest BCUT2D eigenvalue weighted by Crippen LogP contribution is -1.98. The van der Waals surface area contributed by atoms with Crippen LogP contribution in [0.3, 0.4) is 0 Å². The van der Waals surface area contributed by atoms with Gasteiger partial charge in [0, 0.05) is 5.56 Å². The molecule has 0 radical (unpaired) electrons. The number of rotatable bonds is 4. The summed E-state index contributed by atoms with van der Waals surface area (Å²) >= 11 is 0. The Morgan fingerprint density at radius 3 is 2.39 bits per heavy atom. The lowest BCUT2D eigenvalue weighted by molar-refractivity contribution is 0.104. The van der Waals surface area contributed by atoms with E-state index < -0.39 is 0 Å². The first kappa shape index (κ1) is 12.8. The summed E-state index contributed by atoms with van der Waals surface area (Å²) in [5.74, 6) is -0.210. The minimum Gasteiger partial charge on any atom is -0.372 e. The quantitative estimate of drug-likeness (QED) is 0.784. The zero-order valence-corrected chi connectivity index (χ0v) is 10.7. The van der Waals surface area contributed by atoms with Crippen molar-refractivity contribution in [2.75, 3.05) is 0 Å². The van der Waals surface area contributed by atoms with Gasteiger partial charge in [-0.15, -0.1) is 0 Å². The van der Waals surface area contributed by atoms with Crippen molar-refractivity contribution in [2.24, 2.45) is 0 Å². The molecule has 0 saturated carbocycles. The highest BCUT2D eigenvalue weighted by molar-refractivity contribution is 5.29. The monoisotopic (exact) mass is 244 g/mol. The maximum Gasteiger partial charge on any atom is 0.128 e. The van der Waals surface area contributed by atoms with Crippen LogP contribution in [0, 0.1) is 19.7 Å². The highest BCUT2D eigenvalue weighted by Gasteiger charge is 2.02. The van der Waals surface area contributed by atoms with Crippen molar-refractivity contribution >= 4 is 0 Å². The van der Waals surface area contributed by atoms with Crippen LogP contribution >= 0.6 is 0 Å². The largest absolute Gasteiger partial charge is 0.372 e. The molecule has 2 aromatic carbocycles. The molecule has 0 spiro atoms. The van der Waals surface area contributed by atoms with Crippen molar-refractivity contribution in [2.45, 2.75) is 27.1 Å². The van der Waals surface area contributed by atoms with Crippen LogP contribution in [0.2, 0.25) is 0 Å². The smallest absolute Gasteiger partial charge is 0.128 e. The van der Waals surface area contributed by atoms with E-state index in [0.29, 0.717) is 18.8 Å². The molecule has 0 fully saturated rings. The van der Waals surface area contributed by atoms with E-state index in [1.165, 1.54) is 17.2 Å². The van der Waals surface area contributed by atoms with Gasteiger partial charge in [-0.3, -0.25) is 0 Å². The second-order valence-corrected chi connectivity index (χ2v) is 4.51. The van der Waals surface area contributed by atoms with Gasteiger partial charge in [-0.25, -0.2) is 4.39 Å². The summed E-state index contributed by atoms with van der Waals surface area (Å²) in [6.45, 7) is 4.95. The molecule has 0 unspecified atom stereocenters. The fraction of sp³-hybridized carbons (Fsp3) is 0.250. The number of benzene rings is 2. The average molecular weight is 244 g/mol. The van der Waals surface area contributed by atoms with Crippen LogP contribution in [0.15, 0.2) is 42.5 Å². The zero-order chi connectivity index (χ0) is 13.0. The van der Waals surface area contributed by atoms with Crippen molar-refractivity contribution in [3.8, 4) is 0 Å². The molecule has 0 amide bonds. The van der Waals surface area contributed by atoms with E-state index in [1.807, 2.05) is 6.07 Å². The maximum atomic E-state index is 13.4. The Hall–Kier alpha value is -1.67. The molecule has 1 nitrogen and oxygen atoms in total. The molecule has 2 rings (SSSR count). The highest BCUT2D eigenvalue weighted by Crippen LogP contribution is 2.13. The molecule has 0 saturated heterocycles. The van der Waals surface area contributed by atoms with Gasteiger partial charge < -0.3 is 4.74 Å². The molecule has 18 heavy (non-hydrogen) atoms. The molecule has 0 heterocycles. The van der Waals surface area contributed by atoms with Gasteiger partial charge in [-0.2, -0.15) is 0 Å². The molecule has 0 bridgehead atoms. The van der Waals surface area contributed by atoms with Crippen LogP contribution in [0.5, 0.6) is 0 Å². The van der Waals surface area contributed by atoms with Crippen LogP contribution in [-0.4, -0.2) is 0 Å². The summed E-state index contributed by atoms with van der Waals surface area (Å²) in [6, 6.07) is 13.0. The molecule has 2 aromatic rings. The minimum absolute atomic E-state index is 0.210. The Morgan fingerprint density at radius 2 is 1.67 bits per heavy atom. The summed E-state index contributed by atoms with van der Waals surface area (Å²) < 4.78 is 18.9. The molecule has 2 heteroatoms. The van der Waals surface area contributed by atoms with Crippen LogP contribution in [-0.2, 0) is 18.0 Å². The Morgan fingerprint density at radius 1 is 0.944 bits per heavy atom. The van der Waals surface area contributed by atoms with Crippen molar-refractivity contribution in [1.29, 1.82) is 0 Å². The summed E-state index contributed by atoms with van der Waals surface area (Å²) in [4.78, 5) is 0. The number of hydrogen-bond acceptors (Lipinski definition) is 1. The number of aryl methyl sites for hydroxylation is 2. The second-order valence-electron chi connectivity index (χ2n) is 4.51. The van der Waals surface area contributed by atoms with E-state index in [1.54, 1.807) is 12.1 Å². The molecular formula is C16H17FO. The molecule has 0 atom stereocenters. The lowest BCUT2D eigenvalue weighted by atomic mass is 10.1. The van der Waals surface area contributed by atoms with E-state index in [4.69, 9.17) is 4.74 Å². The maximum absolute atomic E-state index is 13.4. The molecular weight excluding hydrogens is 227 g/mol.